The lowest BCUT2D eigenvalue weighted by Gasteiger charge is -2.20. The van der Waals surface area contributed by atoms with Crippen molar-refractivity contribution in [2.24, 2.45) is 5.92 Å². The van der Waals surface area contributed by atoms with Gasteiger partial charge in [0.2, 0.25) is 0 Å². The molecule has 0 aromatic heterocycles. The van der Waals surface area contributed by atoms with Crippen LogP contribution in [0.15, 0.2) is 23.1 Å². The van der Waals surface area contributed by atoms with Crippen molar-refractivity contribution in [1.29, 1.82) is 0 Å². The van der Waals surface area contributed by atoms with E-state index in [4.69, 9.17) is 16.4 Å². The largest absolute Gasteiger partial charge is 0.341 e. The van der Waals surface area contributed by atoms with Crippen molar-refractivity contribution >= 4 is 27.5 Å². The molecule has 1 rings (SSSR count). The number of carbonyl (C=O) groups excluding carboxylic acids is 1. The van der Waals surface area contributed by atoms with Crippen LogP contribution in [0, 0.1) is 5.92 Å². The van der Waals surface area contributed by atoms with Gasteiger partial charge in [0.1, 0.15) is 4.90 Å². The third-order valence-electron chi connectivity index (χ3n) is 3.04. The molecule has 0 radical (unpaired) electrons. The highest BCUT2D eigenvalue weighted by molar-refractivity contribution is 7.89. The molecule has 1 aromatic rings. The fraction of sp³-hybridized carbons (Fsp3) is 0.500. The van der Waals surface area contributed by atoms with Crippen molar-refractivity contribution in [2.45, 2.75) is 18.7 Å². The van der Waals surface area contributed by atoms with E-state index in [1.165, 1.54) is 32.4 Å². The first-order valence-corrected chi connectivity index (χ1v) is 8.51. The first kappa shape index (κ1) is 18.9. The van der Waals surface area contributed by atoms with E-state index in [-0.39, 0.29) is 21.4 Å². The van der Waals surface area contributed by atoms with Crippen molar-refractivity contribution in [3.63, 3.8) is 0 Å². The minimum atomic E-state index is -3.92. The molecular formula is C14H21ClN2O4S. The second kappa shape index (κ2) is 7.41. The Morgan fingerprint density at radius 3 is 2.41 bits per heavy atom. The highest BCUT2D eigenvalue weighted by Crippen LogP contribution is 2.25. The summed E-state index contributed by atoms with van der Waals surface area (Å²) in [5.74, 6) is 0.0472. The average Bonchev–Trinajstić information content (AvgIpc) is 2.45. The molecule has 0 heterocycles. The van der Waals surface area contributed by atoms with Gasteiger partial charge in [0.25, 0.3) is 15.9 Å². The molecule has 0 aliphatic rings. The fourth-order valence-corrected chi connectivity index (χ4v) is 3.40. The predicted molar refractivity (Wildman–Crippen MR) is 85.2 cm³/mol. The summed E-state index contributed by atoms with van der Waals surface area (Å²) in [5.41, 5.74) is 0.260. The zero-order valence-electron chi connectivity index (χ0n) is 13.3. The molecular weight excluding hydrogens is 328 g/mol. The lowest BCUT2D eigenvalue weighted by molar-refractivity contribution is -0.0258. The van der Waals surface area contributed by atoms with E-state index in [0.717, 1.165) is 0 Å². The number of carbonyl (C=O) groups is 1. The van der Waals surface area contributed by atoms with Gasteiger partial charge in [-0.15, -0.1) is 0 Å². The van der Waals surface area contributed by atoms with Gasteiger partial charge in [0, 0.05) is 26.2 Å². The van der Waals surface area contributed by atoms with Crippen molar-refractivity contribution < 1.29 is 18.0 Å². The Hall–Kier alpha value is -1.15. The highest BCUT2D eigenvalue weighted by atomic mass is 35.5. The number of benzene rings is 1. The van der Waals surface area contributed by atoms with Crippen molar-refractivity contribution in [3.8, 4) is 0 Å². The lowest BCUT2D eigenvalue weighted by atomic mass is 10.1. The van der Waals surface area contributed by atoms with Gasteiger partial charge in [-0.1, -0.05) is 29.9 Å². The summed E-state index contributed by atoms with van der Waals surface area (Å²) in [6.07, 6.45) is 0. The van der Waals surface area contributed by atoms with E-state index < -0.39 is 10.0 Å². The van der Waals surface area contributed by atoms with E-state index in [1.807, 2.05) is 13.8 Å². The molecule has 0 saturated carbocycles. The van der Waals surface area contributed by atoms with Crippen LogP contribution in [0.5, 0.6) is 0 Å². The number of hydrogen-bond donors (Lipinski definition) is 0. The summed E-state index contributed by atoms with van der Waals surface area (Å²) in [6, 6.07) is 4.17. The van der Waals surface area contributed by atoms with Gasteiger partial charge in [-0.2, -0.15) is 0 Å². The van der Waals surface area contributed by atoms with Gasteiger partial charge in [-0.3, -0.25) is 9.63 Å². The van der Waals surface area contributed by atoms with Crippen LogP contribution in [0.25, 0.3) is 0 Å². The van der Waals surface area contributed by atoms with E-state index in [9.17, 15) is 13.2 Å². The fourth-order valence-electron chi connectivity index (χ4n) is 1.92. The summed E-state index contributed by atoms with van der Waals surface area (Å²) < 4.78 is 25.3. The van der Waals surface area contributed by atoms with Gasteiger partial charge in [0.15, 0.2) is 0 Å². The lowest BCUT2D eigenvalue weighted by Crippen LogP contribution is -2.31. The van der Waals surface area contributed by atoms with E-state index in [0.29, 0.717) is 16.9 Å². The van der Waals surface area contributed by atoms with Crippen LogP contribution in [0.3, 0.4) is 0 Å². The van der Waals surface area contributed by atoms with E-state index >= 15 is 0 Å². The summed E-state index contributed by atoms with van der Waals surface area (Å²) >= 11 is 5.96. The van der Waals surface area contributed by atoms with Gasteiger partial charge >= 0.3 is 0 Å². The molecule has 22 heavy (non-hydrogen) atoms. The molecule has 1 aromatic carbocycles. The quantitative estimate of drug-likeness (QED) is 0.739. The number of nitrogens with zero attached hydrogens (tertiary/aromatic N) is 2. The molecule has 8 heteroatoms. The summed E-state index contributed by atoms with van der Waals surface area (Å²) in [7, 11) is 0.245. The average molecular weight is 349 g/mol. The first-order valence-electron chi connectivity index (χ1n) is 6.69. The smallest absolute Gasteiger partial charge is 0.266 e. The van der Waals surface area contributed by atoms with Crippen LogP contribution < -0.4 is 0 Å². The Bertz CT molecular complexity index is 646. The molecule has 0 bridgehead atoms. The number of hydroxylamine groups is 1. The second-order valence-corrected chi connectivity index (χ2v) is 7.63. The maximum atomic E-state index is 12.4. The summed E-state index contributed by atoms with van der Waals surface area (Å²) in [6.45, 7) is 4.56. The Labute approximate surface area is 136 Å². The Morgan fingerprint density at radius 2 is 1.91 bits per heavy atom. The molecule has 0 fully saturated rings. The van der Waals surface area contributed by atoms with Crippen LogP contribution in [0.2, 0.25) is 5.02 Å². The molecule has 0 saturated heterocycles. The van der Waals surface area contributed by atoms with Crippen molar-refractivity contribution in [1.82, 2.24) is 9.37 Å². The minimum absolute atomic E-state index is 0.0342. The van der Waals surface area contributed by atoms with E-state index in [1.54, 1.807) is 11.9 Å². The maximum Gasteiger partial charge on any atom is 0.266 e. The first-order chi connectivity index (χ1) is 10.1. The third kappa shape index (κ3) is 4.19. The zero-order valence-corrected chi connectivity index (χ0v) is 14.9. The molecule has 6 nitrogen and oxygen atoms in total. The van der Waals surface area contributed by atoms with Gasteiger partial charge in [-0.05, 0) is 24.1 Å². The normalized spacial score (nSPS) is 12.0. The van der Waals surface area contributed by atoms with Crippen LogP contribution in [0.1, 0.15) is 24.2 Å². The Kier molecular flexibility index (Phi) is 6.37. The topological polar surface area (TPSA) is 66.9 Å². The number of rotatable bonds is 6. The highest BCUT2D eigenvalue weighted by Gasteiger charge is 2.25. The molecule has 0 atom stereocenters. The molecule has 0 N–H and O–H groups in total. The number of hydrogen-bond acceptors (Lipinski definition) is 4. The predicted octanol–water partition coefficient (Wildman–Crippen LogP) is 2.25. The number of sulfonamides is 1. The summed E-state index contributed by atoms with van der Waals surface area (Å²) in [4.78, 5) is 18.5. The van der Waals surface area contributed by atoms with Crippen molar-refractivity contribution in [2.75, 3.05) is 27.7 Å². The van der Waals surface area contributed by atoms with Crippen LogP contribution in [-0.2, 0) is 14.9 Å². The SMILES string of the molecule is CON(C)S(=O)(=O)c1cc(C(=O)N(C)CC(C)C)ccc1Cl. The summed E-state index contributed by atoms with van der Waals surface area (Å²) in [5, 5.41) is 0.0342. The monoisotopic (exact) mass is 348 g/mol. The third-order valence-corrected chi connectivity index (χ3v) is 5.20. The van der Waals surface area contributed by atoms with Gasteiger partial charge in [-0.25, -0.2) is 8.42 Å². The molecule has 1 amide bonds. The number of halogens is 1. The second-order valence-electron chi connectivity index (χ2n) is 5.32. The molecule has 0 aliphatic carbocycles. The van der Waals surface area contributed by atoms with Gasteiger partial charge < -0.3 is 4.90 Å². The molecule has 0 spiro atoms. The maximum absolute atomic E-state index is 12.4. The molecule has 0 unspecified atom stereocenters. The van der Waals surface area contributed by atoms with Crippen molar-refractivity contribution in [3.05, 3.63) is 28.8 Å². The molecule has 0 aliphatic heterocycles. The van der Waals surface area contributed by atoms with Crippen LogP contribution in [0.4, 0.5) is 0 Å². The van der Waals surface area contributed by atoms with E-state index in [2.05, 4.69) is 0 Å². The standard InChI is InChI=1S/C14H21ClN2O4S/c1-10(2)9-16(3)14(18)11-6-7-12(15)13(8-11)22(19,20)17(4)21-5/h6-8,10H,9H2,1-5H3. The van der Waals surface area contributed by atoms with Gasteiger partial charge in [0.05, 0.1) is 12.1 Å². The minimum Gasteiger partial charge on any atom is -0.341 e. The Morgan fingerprint density at radius 1 is 1.32 bits per heavy atom. The molecule has 124 valence electrons. The zero-order chi connectivity index (χ0) is 17.1. The van der Waals surface area contributed by atoms with Crippen LogP contribution >= 0.6 is 11.6 Å². The Balaban J connectivity index is 3.23. The number of amides is 1. The van der Waals surface area contributed by atoms with Crippen LogP contribution in [-0.4, -0.2) is 51.4 Å².